The molecule has 0 unspecified atom stereocenters. The second-order valence-corrected chi connectivity index (χ2v) is 5.57. The molecule has 25 heavy (non-hydrogen) atoms. The van der Waals surface area contributed by atoms with Gasteiger partial charge in [-0.05, 0) is 43.3 Å². The Balaban J connectivity index is 1.55. The van der Waals surface area contributed by atoms with E-state index in [-0.39, 0.29) is 5.82 Å². The van der Waals surface area contributed by atoms with E-state index in [9.17, 15) is 9.18 Å². The Morgan fingerprint density at radius 1 is 1.08 bits per heavy atom. The van der Waals surface area contributed by atoms with Gasteiger partial charge in [-0.3, -0.25) is 5.32 Å². The van der Waals surface area contributed by atoms with Gasteiger partial charge in [0.2, 0.25) is 0 Å². The SMILES string of the molecule is CCOC(=O)Nc1ccc(N2CCN(c3ccc(F)cc3)CC2)nn1. The number of halogens is 1. The van der Waals surface area contributed by atoms with Crippen molar-refractivity contribution in [3.05, 3.63) is 42.2 Å². The molecule has 1 amide bonds. The highest BCUT2D eigenvalue weighted by molar-refractivity contribution is 5.83. The number of hydrogen-bond donors (Lipinski definition) is 1. The Labute approximate surface area is 145 Å². The van der Waals surface area contributed by atoms with Crippen LogP contribution in [-0.4, -0.2) is 49.1 Å². The van der Waals surface area contributed by atoms with Gasteiger partial charge in [0, 0.05) is 31.9 Å². The molecular formula is C17H20FN5O2. The Hall–Kier alpha value is -2.90. The molecule has 1 saturated heterocycles. The lowest BCUT2D eigenvalue weighted by atomic mass is 10.2. The first-order valence-corrected chi connectivity index (χ1v) is 8.18. The van der Waals surface area contributed by atoms with Crippen LogP contribution in [0.3, 0.4) is 0 Å². The van der Waals surface area contributed by atoms with Gasteiger partial charge in [-0.25, -0.2) is 9.18 Å². The van der Waals surface area contributed by atoms with Crippen molar-refractivity contribution in [1.82, 2.24) is 10.2 Å². The van der Waals surface area contributed by atoms with Crippen LogP contribution < -0.4 is 15.1 Å². The van der Waals surface area contributed by atoms with Crippen LogP contribution in [-0.2, 0) is 4.74 Å². The molecule has 0 aliphatic carbocycles. The highest BCUT2D eigenvalue weighted by atomic mass is 19.1. The quantitative estimate of drug-likeness (QED) is 0.918. The number of piperazine rings is 1. The maximum Gasteiger partial charge on any atom is 0.412 e. The first-order chi connectivity index (χ1) is 12.2. The zero-order chi connectivity index (χ0) is 17.6. The van der Waals surface area contributed by atoms with Crippen molar-refractivity contribution in [3.63, 3.8) is 0 Å². The van der Waals surface area contributed by atoms with Gasteiger partial charge in [0.05, 0.1) is 6.61 Å². The topological polar surface area (TPSA) is 70.6 Å². The minimum atomic E-state index is -0.544. The predicted octanol–water partition coefficient (Wildman–Crippen LogP) is 2.51. The Morgan fingerprint density at radius 3 is 2.36 bits per heavy atom. The molecule has 1 fully saturated rings. The molecule has 1 aliphatic heterocycles. The molecule has 0 atom stereocenters. The number of anilines is 3. The van der Waals surface area contributed by atoms with E-state index in [1.807, 2.05) is 6.07 Å². The number of nitrogens with zero attached hydrogens (tertiary/aromatic N) is 4. The van der Waals surface area contributed by atoms with Gasteiger partial charge >= 0.3 is 6.09 Å². The van der Waals surface area contributed by atoms with E-state index in [2.05, 4.69) is 25.3 Å². The van der Waals surface area contributed by atoms with Crippen molar-refractivity contribution in [2.24, 2.45) is 0 Å². The monoisotopic (exact) mass is 345 g/mol. The van der Waals surface area contributed by atoms with Crippen molar-refractivity contribution in [2.45, 2.75) is 6.92 Å². The fourth-order valence-electron chi connectivity index (χ4n) is 2.68. The summed E-state index contributed by atoms with van der Waals surface area (Å²) in [5, 5.41) is 10.7. The summed E-state index contributed by atoms with van der Waals surface area (Å²) in [5.41, 5.74) is 1.01. The average Bonchev–Trinajstić information content (AvgIpc) is 2.63. The normalized spacial score (nSPS) is 14.3. The maximum atomic E-state index is 13.0. The number of aromatic nitrogens is 2. The second-order valence-electron chi connectivity index (χ2n) is 5.57. The molecule has 1 aromatic carbocycles. The van der Waals surface area contributed by atoms with Crippen molar-refractivity contribution in [3.8, 4) is 0 Å². The summed E-state index contributed by atoms with van der Waals surface area (Å²) in [7, 11) is 0. The lowest BCUT2D eigenvalue weighted by Gasteiger charge is -2.36. The zero-order valence-corrected chi connectivity index (χ0v) is 14.0. The number of carbonyl (C=O) groups is 1. The largest absolute Gasteiger partial charge is 0.450 e. The van der Waals surface area contributed by atoms with E-state index >= 15 is 0 Å². The average molecular weight is 345 g/mol. The van der Waals surface area contributed by atoms with Gasteiger partial charge in [-0.15, -0.1) is 10.2 Å². The summed E-state index contributed by atoms with van der Waals surface area (Å²) in [5.74, 6) is 0.884. The number of carbonyl (C=O) groups excluding carboxylic acids is 1. The molecule has 132 valence electrons. The van der Waals surface area contributed by atoms with Crippen LogP contribution in [0.5, 0.6) is 0 Å². The van der Waals surface area contributed by atoms with Crippen LogP contribution in [0.2, 0.25) is 0 Å². The Kier molecular flexibility index (Phi) is 5.27. The molecule has 7 nitrogen and oxygen atoms in total. The van der Waals surface area contributed by atoms with Crippen LogP contribution in [0.25, 0.3) is 0 Å². The summed E-state index contributed by atoms with van der Waals surface area (Å²) >= 11 is 0. The molecule has 0 spiro atoms. The maximum absolute atomic E-state index is 13.0. The fraction of sp³-hybridized carbons (Fsp3) is 0.353. The standard InChI is InChI=1S/C17H20FN5O2/c1-2-25-17(24)19-15-7-8-16(21-20-15)23-11-9-22(10-12-23)14-5-3-13(18)4-6-14/h3-8H,2,9-12H2,1H3,(H,19,20,24). The summed E-state index contributed by atoms with van der Waals surface area (Å²) in [6.45, 7) is 5.25. The summed E-state index contributed by atoms with van der Waals surface area (Å²) in [4.78, 5) is 15.7. The fourth-order valence-corrected chi connectivity index (χ4v) is 2.68. The van der Waals surface area contributed by atoms with Gasteiger partial charge in [-0.1, -0.05) is 0 Å². The third-order valence-electron chi connectivity index (χ3n) is 3.95. The highest BCUT2D eigenvalue weighted by Gasteiger charge is 2.19. The first kappa shape index (κ1) is 16.9. The lowest BCUT2D eigenvalue weighted by Crippen LogP contribution is -2.46. The third kappa shape index (κ3) is 4.34. The van der Waals surface area contributed by atoms with E-state index < -0.39 is 6.09 Å². The van der Waals surface area contributed by atoms with E-state index in [1.165, 1.54) is 12.1 Å². The molecule has 3 rings (SSSR count). The molecule has 0 bridgehead atoms. The lowest BCUT2D eigenvalue weighted by molar-refractivity contribution is 0.168. The van der Waals surface area contributed by atoms with Gasteiger partial charge in [-0.2, -0.15) is 0 Å². The summed E-state index contributed by atoms with van der Waals surface area (Å²) < 4.78 is 17.8. The molecular weight excluding hydrogens is 325 g/mol. The second kappa shape index (κ2) is 7.78. The number of benzene rings is 1. The van der Waals surface area contributed by atoms with Gasteiger partial charge in [0.25, 0.3) is 0 Å². The third-order valence-corrected chi connectivity index (χ3v) is 3.95. The predicted molar refractivity (Wildman–Crippen MR) is 93.5 cm³/mol. The van der Waals surface area contributed by atoms with Crippen LogP contribution in [0.1, 0.15) is 6.92 Å². The molecule has 0 saturated carbocycles. The zero-order valence-electron chi connectivity index (χ0n) is 14.0. The van der Waals surface area contributed by atoms with Crippen molar-refractivity contribution in [2.75, 3.05) is 47.9 Å². The van der Waals surface area contributed by atoms with E-state index in [0.717, 1.165) is 37.7 Å². The number of ether oxygens (including phenoxy) is 1. The van der Waals surface area contributed by atoms with Crippen molar-refractivity contribution < 1.29 is 13.9 Å². The number of hydrogen-bond acceptors (Lipinski definition) is 6. The van der Waals surface area contributed by atoms with Crippen molar-refractivity contribution in [1.29, 1.82) is 0 Å². The van der Waals surface area contributed by atoms with Gasteiger partial charge < -0.3 is 14.5 Å². The molecule has 0 radical (unpaired) electrons. The smallest absolute Gasteiger partial charge is 0.412 e. The minimum Gasteiger partial charge on any atom is -0.450 e. The van der Waals surface area contributed by atoms with E-state index in [0.29, 0.717) is 12.4 Å². The molecule has 1 aromatic heterocycles. The van der Waals surface area contributed by atoms with Crippen LogP contribution in [0, 0.1) is 5.82 Å². The minimum absolute atomic E-state index is 0.228. The highest BCUT2D eigenvalue weighted by Crippen LogP contribution is 2.19. The van der Waals surface area contributed by atoms with E-state index in [1.54, 1.807) is 25.1 Å². The van der Waals surface area contributed by atoms with E-state index in [4.69, 9.17) is 4.74 Å². The number of nitrogens with one attached hydrogen (secondary N) is 1. The molecule has 1 aliphatic rings. The van der Waals surface area contributed by atoms with Crippen LogP contribution >= 0.6 is 0 Å². The molecule has 2 heterocycles. The van der Waals surface area contributed by atoms with Crippen LogP contribution in [0.4, 0.5) is 26.5 Å². The van der Waals surface area contributed by atoms with Gasteiger partial charge in [0.15, 0.2) is 11.6 Å². The summed E-state index contributed by atoms with van der Waals surface area (Å²) in [6.07, 6.45) is -0.544. The van der Waals surface area contributed by atoms with Crippen molar-refractivity contribution >= 4 is 23.4 Å². The number of amides is 1. The Bertz CT molecular complexity index is 700. The summed E-state index contributed by atoms with van der Waals surface area (Å²) in [6, 6.07) is 10.1. The Morgan fingerprint density at radius 2 is 1.76 bits per heavy atom. The molecule has 1 N–H and O–H groups in total. The first-order valence-electron chi connectivity index (χ1n) is 8.18. The number of rotatable bonds is 4. The van der Waals surface area contributed by atoms with Crippen LogP contribution in [0.15, 0.2) is 36.4 Å². The van der Waals surface area contributed by atoms with Gasteiger partial charge in [0.1, 0.15) is 5.82 Å². The molecule has 2 aromatic rings. The molecule has 8 heteroatoms.